The van der Waals surface area contributed by atoms with Gasteiger partial charge >= 0.3 is 0 Å². The summed E-state index contributed by atoms with van der Waals surface area (Å²) >= 11 is 0. The van der Waals surface area contributed by atoms with Crippen LogP contribution in [0, 0.1) is 25.6 Å². The third-order valence-electron chi connectivity index (χ3n) is 5.65. The number of hydrogen-bond donors (Lipinski definition) is 2. The van der Waals surface area contributed by atoms with Gasteiger partial charge in [-0.15, -0.1) is 0 Å². The molecule has 0 heterocycles. The summed E-state index contributed by atoms with van der Waals surface area (Å²) in [5.74, 6) is -0.490. The summed E-state index contributed by atoms with van der Waals surface area (Å²) in [5, 5.41) is 2.99. The molecule has 1 saturated carbocycles. The van der Waals surface area contributed by atoms with Crippen molar-refractivity contribution in [3.8, 4) is 0 Å². The van der Waals surface area contributed by atoms with E-state index in [1.165, 1.54) is 12.1 Å². The van der Waals surface area contributed by atoms with Gasteiger partial charge in [0.1, 0.15) is 5.82 Å². The fourth-order valence-corrected chi connectivity index (χ4v) is 5.51. The van der Waals surface area contributed by atoms with Crippen LogP contribution < -0.4 is 10.0 Å². The Hall–Kier alpha value is -2.25. The largest absolute Gasteiger partial charge is 0.349 e. The molecule has 30 heavy (non-hydrogen) atoms. The highest BCUT2D eigenvalue weighted by Gasteiger charge is 2.29. The lowest BCUT2D eigenvalue weighted by atomic mass is 9.85. The van der Waals surface area contributed by atoms with Crippen molar-refractivity contribution in [3.63, 3.8) is 0 Å². The Morgan fingerprint density at radius 3 is 2.13 bits per heavy atom. The second kappa shape index (κ2) is 9.27. The number of benzene rings is 2. The zero-order valence-electron chi connectivity index (χ0n) is 17.6. The highest BCUT2D eigenvalue weighted by molar-refractivity contribution is 7.89. The Morgan fingerprint density at radius 2 is 1.57 bits per heavy atom. The molecule has 1 aliphatic rings. The Balaban J connectivity index is 1.54. The lowest BCUT2D eigenvalue weighted by molar-refractivity contribution is -0.126. The van der Waals surface area contributed by atoms with Gasteiger partial charge in [-0.25, -0.2) is 17.5 Å². The van der Waals surface area contributed by atoms with Crippen molar-refractivity contribution in [1.29, 1.82) is 0 Å². The molecule has 2 aromatic rings. The highest BCUT2D eigenvalue weighted by atomic mass is 32.2. The van der Waals surface area contributed by atoms with Crippen molar-refractivity contribution in [2.24, 2.45) is 5.92 Å². The fraction of sp³-hybridized carbons (Fsp3) is 0.435. The first-order chi connectivity index (χ1) is 14.1. The van der Waals surface area contributed by atoms with E-state index in [2.05, 4.69) is 10.0 Å². The van der Waals surface area contributed by atoms with Gasteiger partial charge in [-0.1, -0.05) is 18.2 Å². The number of nitrogens with one attached hydrogen (secondary N) is 2. The monoisotopic (exact) mass is 432 g/mol. The quantitative estimate of drug-likeness (QED) is 0.720. The molecule has 1 aliphatic carbocycles. The zero-order valence-corrected chi connectivity index (χ0v) is 18.4. The Morgan fingerprint density at radius 1 is 1.00 bits per heavy atom. The Bertz CT molecular complexity index is 977. The maximum Gasteiger partial charge on any atom is 0.240 e. The molecule has 0 aromatic heterocycles. The van der Waals surface area contributed by atoms with Gasteiger partial charge in [0.05, 0.1) is 10.9 Å². The maximum atomic E-state index is 13.1. The molecule has 0 unspecified atom stereocenters. The fourth-order valence-electron chi connectivity index (χ4n) is 4.01. The standard InChI is InChI=1S/C23H29FN2O3S/c1-15-12-16(2)14-22(13-15)30(28,29)26-21-10-6-19(7-11-21)23(27)25-17(3)18-4-8-20(24)9-5-18/h4-5,8-9,12-14,17,19,21,26H,6-7,10-11H2,1-3H3,(H,25,27)/t17-,19?,21?/m1/s1. The molecule has 2 N–H and O–H groups in total. The summed E-state index contributed by atoms with van der Waals surface area (Å²) < 4.78 is 41.3. The normalized spacial score (nSPS) is 20.5. The van der Waals surface area contributed by atoms with Crippen LogP contribution in [0.3, 0.4) is 0 Å². The average Bonchev–Trinajstić information content (AvgIpc) is 2.68. The molecule has 0 radical (unpaired) electrons. The van der Waals surface area contributed by atoms with Gasteiger partial charge in [0.15, 0.2) is 0 Å². The van der Waals surface area contributed by atoms with E-state index in [9.17, 15) is 17.6 Å². The summed E-state index contributed by atoms with van der Waals surface area (Å²) in [7, 11) is -3.58. The van der Waals surface area contributed by atoms with Gasteiger partial charge in [-0.2, -0.15) is 0 Å². The maximum absolute atomic E-state index is 13.1. The zero-order chi connectivity index (χ0) is 21.9. The topological polar surface area (TPSA) is 75.3 Å². The van der Waals surface area contributed by atoms with Crippen LogP contribution in [0.15, 0.2) is 47.4 Å². The minimum atomic E-state index is -3.58. The molecular weight excluding hydrogens is 403 g/mol. The van der Waals surface area contributed by atoms with E-state index in [0.717, 1.165) is 16.7 Å². The molecular formula is C23H29FN2O3S. The summed E-state index contributed by atoms with van der Waals surface area (Å²) in [5.41, 5.74) is 2.66. The molecule has 0 aliphatic heterocycles. The number of carbonyl (C=O) groups is 1. The molecule has 0 spiro atoms. The lowest BCUT2D eigenvalue weighted by Crippen LogP contribution is -2.41. The summed E-state index contributed by atoms with van der Waals surface area (Å²) in [6.07, 6.45) is 2.49. The van der Waals surface area contributed by atoms with Crippen LogP contribution in [-0.2, 0) is 14.8 Å². The third kappa shape index (κ3) is 5.67. The van der Waals surface area contributed by atoms with Gasteiger partial charge in [0.2, 0.25) is 15.9 Å². The molecule has 1 fully saturated rings. The Labute approximate surface area is 178 Å². The first kappa shape index (κ1) is 22.4. The second-order valence-corrected chi connectivity index (χ2v) is 9.99. The summed E-state index contributed by atoms with van der Waals surface area (Å²) in [4.78, 5) is 12.9. The van der Waals surface area contributed by atoms with E-state index in [0.29, 0.717) is 25.7 Å². The summed E-state index contributed by atoms with van der Waals surface area (Å²) in [6, 6.07) is 11.0. The highest BCUT2D eigenvalue weighted by Crippen LogP contribution is 2.27. The number of aryl methyl sites for hydroxylation is 2. The predicted octanol–water partition coefficient (Wildman–Crippen LogP) is 4.16. The first-order valence-corrected chi connectivity index (χ1v) is 11.8. The number of carbonyl (C=O) groups excluding carboxylic acids is 1. The number of sulfonamides is 1. The number of hydrogen-bond acceptors (Lipinski definition) is 3. The van der Waals surface area contributed by atoms with Crippen molar-refractivity contribution in [1.82, 2.24) is 10.0 Å². The van der Waals surface area contributed by atoms with Gasteiger partial charge in [0.25, 0.3) is 0 Å². The van der Waals surface area contributed by atoms with E-state index in [1.54, 1.807) is 24.3 Å². The molecule has 162 valence electrons. The molecule has 1 atom stereocenters. The summed E-state index contributed by atoms with van der Waals surface area (Å²) in [6.45, 7) is 5.63. The first-order valence-electron chi connectivity index (χ1n) is 10.3. The minimum absolute atomic E-state index is 0.0394. The van der Waals surface area contributed by atoms with Crippen LogP contribution in [-0.4, -0.2) is 20.4 Å². The number of rotatable bonds is 6. The molecule has 0 bridgehead atoms. The molecule has 1 amide bonds. The molecule has 3 rings (SSSR count). The van der Waals surface area contributed by atoms with Crippen LogP contribution in [0.5, 0.6) is 0 Å². The van der Waals surface area contributed by atoms with E-state index < -0.39 is 10.0 Å². The SMILES string of the molecule is Cc1cc(C)cc(S(=O)(=O)NC2CCC(C(=O)N[C@H](C)c3ccc(F)cc3)CC2)c1. The van der Waals surface area contributed by atoms with Crippen LogP contribution >= 0.6 is 0 Å². The van der Waals surface area contributed by atoms with Gasteiger partial charge in [-0.05, 0) is 87.4 Å². The number of halogens is 1. The van der Waals surface area contributed by atoms with E-state index in [1.807, 2.05) is 26.8 Å². The Kier molecular flexibility index (Phi) is 6.93. The van der Waals surface area contributed by atoms with E-state index >= 15 is 0 Å². The van der Waals surface area contributed by atoms with Crippen LogP contribution in [0.1, 0.15) is 55.3 Å². The van der Waals surface area contributed by atoms with Crippen molar-refractivity contribution >= 4 is 15.9 Å². The smallest absolute Gasteiger partial charge is 0.240 e. The van der Waals surface area contributed by atoms with Crippen molar-refractivity contribution in [2.75, 3.05) is 0 Å². The third-order valence-corrected chi connectivity index (χ3v) is 7.15. The van der Waals surface area contributed by atoms with Crippen LogP contribution in [0.25, 0.3) is 0 Å². The molecule has 5 nitrogen and oxygen atoms in total. The predicted molar refractivity (Wildman–Crippen MR) is 115 cm³/mol. The van der Waals surface area contributed by atoms with Gasteiger partial charge in [-0.3, -0.25) is 4.79 Å². The lowest BCUT2D eigenvalue weighted by Gasteiger charge is -2.29. The number of amides is 1. The van der Waals surface area contributed by atoms with Gasteiger partial charge < -0.3 is 5.32 Å². The van der Waals surface area contributed by atoms with Crippen LogP contribution in [0.4, 0.5) is 4.39 Å². The second-order valence-electron chi connectivity index (χ2n) is 8.28. The van der Waals surface area contributed by atoms with Crippen molar-refractivity contribution in [2.45, 2.75) is 63.4 Å². The molecule has 0 saturated heterocycles. The van der Waals surface area contributed by atoms with Crippen LogP contribution in [0.2, 0.25) is 0 Å². The van der Waals surface area contributed by atoms with Gasteiger partial charge in [0, 0.05) is 12.0 Å². The van der Waals surface area contributed by atoms with Crippen molar-refractivity contribution in [3.05, 3.63) is 65.0 Å². The molecule has 7 heteroatoms. The van der Waals surface area contributed by atoms with Crippen molar-refractivity contribution < 1.29 is 17.6 Å². The van der Waals surface area contributed by atoms with E-state index in [4.69, 9.17) is 0 Å². The minimum Gasteiger partial charge on any atom is -0.349 e. The molecule has 2 aromatic carbocycles. The average molecular weight is 433 g/mol. The van der Waals surface area contributed by atoms with E-state index in [-0.39, 0.29) is 34.6 Å².